The van der Waals surface area contributed by atoms with E-state index in [1.165, 1.54) is 18.2 Å². The highest BCUT2D eigenvalue weighted by molar-refractivity contribution is 5.75. The molecule has 1 aliphatic heterocycles. The van der Waals surface area contributed by atoms with Crippen LogP contribution in [0.1, 0.15) is 48.7 Å². The quantitative estimate of drug-likeness (QED) is 0.685. The molecule has 31 heavy (non-hydrogen) atoms. The Kier molecular flexibility index (Phi) is 6.89. The molecule has 0 saturated carbocycles. The van der Waals surface area contributed by atoms with Gasteiger partial charge in [-0.1, -0.05) is 18.6 Å². The molecule has 2 aromatic rings. The fraction of sp³-hybridized carbons (Fsp3) is 0.429. The van der Waals surface area contributed by atoms with E-state index in [0.29, 0.717) is 17.9 Å². The van der Waals surface area contributed by atoms with Gasteiger partial charge in [0.15, 0.2) is 5.76 Å². The molecule has 7 nitrogen and oxygen atoms in total. The van der Waals surface area contributed by atoms with E-state index in [1.54, 1.807) is 0 Å². The Morgan fingerprint density at radius 3 is 2.42 bits per heavy atom. The van der Waals surface area contributed by atoms with Crippen molar-refractivity contribution in [1.29, 1.82) is 0 Å². The number of aromatic hydroxyl groups is 1. The van der Waals surface area contributed by atoms with Crippen molar-refractivity contribution in [1.82, 2.24) is 4.90 Å². The van der Waals surface area contributed by atoms with E-state index in [2.05, 4.69) is 9.64 Å². The van der Waals surface area contributed by atoms with Crippen molar-refractivity contribution >= 4 is 5.91 Å². The molecule has 0 aliphatic carbocycles. The largest absolute Gasteiger partial charge is 0.573 e. The first-order chi connectivity index (χ1) is 14.6. The zero-order valence-electron chi connectivity index (χ0n) is 16.7. The van der Waals surface area contributed by atoms with Crippen LogP contribution in [-0.4, -0.2) is 35.4 Å². The Hall–Kier alpha value is -3.01. The predicted molar refractivity (Wildman–Crippen MR) is 105 cm³/mol. The monoisotopic (exact) mass is 440 g/mol. The number of hydrogen-bond acceptors (Lipinski definition) is 6. The molecule has 1 aromatic heterocycles. The topological polar surface area (TPSA) is 106 Å². The van der Waals surface area contributed by atoms with Crippen LogP contribution in [0.2, 0.25) is 0 Å². The summed E-state index contributed by atoms with van der Waals surface area (Å²) in [6, 6.07) is 5.94. The second kappa shape index (κ2) is 9.42. The normalized spacial score (nSPS) is 16.1. The first-order valence-corrected chi connectivity index (χ1v) is 9.84. The van der Waals surface area contributed by atoms with E-state index >= 15 is 0 Å². The number of hydrogen-bond donors (Lipinski definition) is 2. The lowest BCUT2D eigenvalue weighted by molar-refractivity contribution is -0.274. The Morgan fingerprint density at radius 2 is 1.84 bits per heavy atom. The zero-order chi connectivity index (χ0) is 22.6. The lowest BCUT2D eigenvalue weighted by Gasteiger charge is -2.26. The number of benzene rings is 1. The van der Waals surface area contributed by atoms with E-state index in [-0.39, 0.29) is 12.2 Å². The van der Waals surface area contributed by atoms with Gasteiger partial charge in [0.25, 0.3) is 0 Å². The van der Waals surface area contributed by atoms with Gasteiger partial charge < -0.3 is 20.0 Å². The van der Waals surface area contributed by atoms with Gasteiger partial charge in [-0.05, 0) is 43.6 Å². The maximum Gasteiger partial charge on any atom is 0.573 e. The lowest BCUT2D eigenvalue weighted by Crippen LogP contribution is -2.29. The molecule has 3 N–H and O–H groups in total. The zero-order valence-corrected chi connectivity index (χ0v) is 16.7. The molecule has 1 amide bonds. The van der Waals surface area contributed by atoms with Crippen LogP contribution in [0, 0.1) is 0 Å². The molecule has 3 rings (SSSR count). The second-order valence-corrected chi connectivity index (χ2v) is 7.47. The van der Waals surface area contributed by atoms with Crippen LogP contribution >= 0.6 is 0 Å². The van der Waals surface area contributed by atoms with Gasteiger partial charge in [-0.25, -0.2) is 0 Å². The molecule has 1 aromatic carbocycles. The van der Waals surface area contributed by atoms with Crippen LogP contribution in [0.25, 0.3) is 0 Å². The summed E-state index contributed by atoms with van der Waals surface area (Å²) in [6.45, 7) is 2.07. The maximum absolute atomic E-state index is 12.4. The molecule has 1 fully saturated rings. The summed E-state index contributed by atoms with van der Waals surface area (Å²) in [5, 5.41) is 10.3. The third-order valence-corrected chi connectivity index (χ3v) is 5.07. The third-order valence-electron chi connectivity index (χ3n) is 5.07. The fourth-order valence-electron chi connectivity index (χ4n) is 3.67. The number of primary amides is 1. The molecular weight excluding hydrogens is 417 g/mol. The van der Waals surface area contributed by atoms with Crippen molar-refractivity contribution in [3.8, 4) is 11.5 Å². The van der Waals surface area contributed by atoms with Gasteiger partial charge in [0.1, 0.15) is 11.5 Å². The Bertz CT molecular complexity index is 966. The number of rotatable bonds is 7. The summed E-state index contributed by atoms with van der Waals surface area (Å²) in [6.07, 6.45) is -1.96. The van der Waals surface area contributed by atoms with Gasteiger partial charge in [-0.15, -0.1) is 13.2 Å². The highest BCUT2D eigenvalue weighted by Gasteiger charge is 2.31. The number of nitrogens with two attached hydrogens (primary N) is 1. The number of carbonyl (C=O) groups is 1. The molecule has 0 unspecified atom stereocenters. The van der Waals surface area contributed by atoms with Crippen molar-refractivity contribution in [3.63, 3.8) is 0 Å². The summed E-state index contributed by atoms with van der Waals surface area (Å²) in [5.74, 6) is -2.62. The number of halogens is 3. The van der Waals surface area contributed by atoms with Gasteiger partial charge in [0, 0.05) is 12.5 Å². The molecule has 1 aliphatic rings. The summed E-state index contributed by atoms with van der Waals surface area (Å²) < 4.78 is 46.9. The minimum absolute atomic E-state index is 0.150. The van der Waals surface area contributed by atoms with Gasteiger partial charge in [-0.3, -0.25) is 14.5 Å². The second-order valence-electron chi connectivity index (χ2n) is 7.47. The van der Waals surface area contributed by atoms with Crippen LogP contribution in [0.15, 0.2) is 39.5 Å². The molecule has 1 saturated heterocycles. The van der Waals surface area contributed by atoms with Gasteiger partial charge in [0.05, 0.1) is 12.5 Å². The van der Waals surface area contributed by atoms with Gasteiger partial charge in [-0.2, -0.15) is 0 Å². The van der Waals surface area contributed by atoms with Crippen molar-refractivity contribution in [2.75, 3.05) is 13.1 Å². The minimum Gasteiger partial charge on any atom is -0.502 e. The number of carbonyl (C=O) groups excluding carboxylic acids is 1. The summed E-state index contributed by atoms with van der Waals surface area (Å²) >= 11 is 0. The predicted octanol–water partition coefficient (Wildman–Crippen LogP) is 3.24. The van der Waals surface area contributed by atoms with Crippen molar-refractivity contribution < 1.29 is 32.2 Å². The summed E-state index contributed by atoms with van der Waals surface area (Å²) in [7, 11) is 0. The number of likely N-dealkylation sites (tertiary alicyclic amines) is 1. The van der Waals surface area contributed by atoms with Crippen molar-refractivity contribution in [3.05, 3.63) is 57.6 Å². The van der Waals surface area contributed by atoms with E-state index in [4.69, 9.17) is 10.2 Å². The van der Waals surface area contributed by atoms with Crippen LogP contribution in [0.3, 0.4) is 0 Å². The number of nitrogens with zero attached hydrogens (tertiary/aromatic N) is 1. The van der Waals surface area contributed by atoms with E-state index < -0.39 is 35.1 Å². The highest BCUT2D eigenvalue weighted by atomic mass is 19.4. The first-order valence-electron chi connectivity index (χ1n) is 9.84. The molecule has 0 spiro atoms. The highest BCUT2D eigenvalue weighted by Crippen LogP contribution is 2.34. The number of ether oxygens (including phenoxy) is 1. The van der Waals surface area contributed by atoms with Crippen molar-refractivity contribution in [2.24, 2.45) is 5.73 Å². The third kappa shape index (κ3) is 6.24. The first kappa shape index (κ1) is 22.7. The Labute approximate surface area is 176 Å². The van der Waals surface area contributed by atoms with Gasteiger partial charge in [0.2, 0.25) is 17.1 Å². The van der Waals surface area contributed by atoms with Crippen LogP contribution in [-0.2, 0) is 11.3 Å². The SMILES string of the molecule is NC(=O)C[C@H](c1ccc(OC(F)(F)F)cc1)c1oc(CN2CCCCC2)cc(=O)c1O. The molecule has 10 heteroatoms. The van der Waals surface area contributed by atoms with Gasteiger partial charge >= 0.3 is 6.36 Å². The number of piperidine rings is 1. The fourth-order valence-corrected chi connectivity index (χ4v) is 3.67. The number of alkyl halides is 3. The smallest absolute Gasteiger partial charge is 0.502 e. The van der Waals surface area contributed by atoms with Crippen LogP contribution in [0.4, 0.5) is 13.2 Å². The van der Waals surface area contributed by atoms with Crippen molar-refractivity contribution in [2.45, 2.75) is 44.5 Å². The average Bonchev–Trinajstić information content (AvgIpc) is 2.69. The molecule has 0 bridgehead atoms. The molecule has 1 atom stereocenters. The average molecular weight is 440 g/mol. The maximum atomic E-state index is 12.4. The standard InChI is InChI=1S/C21H23F3N2O5/c22-21(23,24)31-14-6-4-13(5-7-14)16(11-18(25)28)20-19(29)17(27)10-15(30-20)12-26-8-2-1-3-9-26/h4-7,10,16,29H,1-3,8-9,11-12H2,(H2,25,28)/t16-/m1/s1. The molecule has 0 radical (unpaired) electrons. The van der Waals surface area contributed by atoms with Crippen LogP contribution < -0.4 is 15.9 Å². The number of amides is 1. The molecular formula is C21H23F3N2O5. The minimum atomic E-state index is -4.85. The van der Waals surface area contributed by atoms with E-state index in [9.17, 15) is 27.9 Å². The van der Waals surface area contributed by atoms with Crippen LogP contribution in [0.5, 0.6) is 11.5 Å². The summed E-state index contributed by atoms with van der Waals surface area (Å²) in [5.41, 5.74) is 5.00. The summed E-state index contributed by atoms with van der Waals surface area (Å²) in [4.78, 5) is 26.1. The molecule has 168 valence electrons. The van der Waals surface area contributed by atoms with E-state index in [1.807, 2.05) is 0 Å². The molecule has 2 heterocycles. The Morgan fingerprint density at radius 1 is 1.19 bits per heavy atom. The lowest BCUT2D eigenvalue weighted by atomic mass is 9.92. The van der Waals surface area contributed by atoms with E-state index in [0.717, 1.165) is 44.5 Å². The Balaban J connectivity index is 1.94.